The van der Waals surface area contributed by atoms with Gasteiger partial charge < -0.3 is 14.8 Å². The van der Waals surface area contributed by atoms with Gasteiger partial charge in [-0.05, 0) is 38.1 Å². The van der Waals surface area contributed by atoms with Crippen molar-refractivity contribution in [3.8, 4) is 18.0 Å². The molecule has 0 unspecified atom stereocenters. The number of rotatable bonds is 3. The molecule has 0 aromatic heterocycles. The van der Waals surface area contributed by atoms with Gasteiger partial charge in [-0.3, -0.25) is 0 Å². The quantitative estimate of drug-likeness (QED) is 0.524. The molecule has 1 aliphatic heterocycles. The van der Waals surface area contributed by atoms with Crippen molar-refractivity contribution in [2.75, 3.05) is 13.7 Å². The van der Waals surface area contributed by atoms with Crippen LogP contribution in [0.15, 0.2) is 29.3 Å². The minimum Gasteiger partial charge on any atom is -0.483 e. The topological polar surface area (TPSA) is 90.4 Å². The van der Waals surface area contributed by atoms with Crippen LogP contribution in [-0.2, 0) is 4.74 Å². The molecular weight excluding hydrogens is 280 g/mol. The first-order valence-electron chi connectivity index (χ1n) is 6.67. The average Bonchev–Trinajstić information content (AvgIpc) is 2.46. The number of benzene rings is 1. The van der Waals surface area contributed by atoms with Crippen LogP contribution in [0.4, 0.5) is 0 Å². The first-order chi connectivity index (χ1) is 10.5. The Bertz CT molecular complexity index is 721. The van der Waals surface area contributed by atoms with E-state index in [1.54, 1.807) is 24.4 Å². The van der Waals surface area contributed by atoms with Gasteiger partial charge in [0, 0.05) is 12.7 Å². The Morgan fingerprint density at radius 3 is 2.82 bits per heavy atom. The summed E-state index contributed by atoms with van der Waals surface area (Å²) in [5, 5.41) is 20.9. The summed E-state index contributed by atoms with van der Waals surface area (Å²) >= 11 is 0. The molecule has 0 saturated heterocycles. The van der Waals surface area contributed by atoms with Gasteiger partial charge in [-0.15, -0.1) is 0 Å². The van der Waals surface area contributed by atoms with Crippen LogP contribution in [0.1, 0.15) is 25.0 Å². The molecule has 112 valence electrons. The maximum atomic E-state index is 9.06. The van der Waals surface area contributed by atoms with Crippen molar-refractivity contribution in [2.45, 2.75) is 19.4 Å². The lowest BCUT2D eigenvalue weighted by Crippen LogP contribution is -2.34. The summed E-state index contributed by atoms with van der Waals surface area (Å²) in [7, 11) is 1.53. The second kappa shape index (κ2) is 6.30. The van der Waals surface area contributed by atoms with Gasteiger partial charge in [0.1, 0.15) is 23.8 Å². The summed E-state index contributed by atoms with van der Waals surface area (Å²) in [5.41, 5.74) is 1.49. The fourth-order valence-electron chi connectivity index (χ4n) is 2.19. The number of hydrogen-bond acceptors (Lipinski definition) is 5. The highest BCUT2D eigenvalue weighted by atomic mass is 16.5. The molecule has 0 radical (unpaired) electrons. The number of nitriles is 2. The van der Waals surface area contributed by atoms with Crippen molar-refractivity contribution in [1.29, 1.82) is 10.5 Å². The number of hydrogen-bond donors (Lipinski definition) is 1. The van der Waals surface area contributed by atoms with E-state index in [9.17, 15) is 0 Å². The van der Waals surface area contributed by atoms with Gasteiger partial charge in [-0.2, -0.15) is 15.5 Å². The smallest absolute Gasteiger partial charge is 0.207 e. The number of amidine groups is 1. The van der Waals surface area contributed by atoms with E-state index in [1.807, 2.05) is 19.9 Å². The van der Waals surface area contributed by atoms with Gasteiger partial charge in [0.2, 0.25) is 6.19 Å². The predicted octanol–water partition coefficient (Wildman–Crippen LogP) is 2.19. The number of methoxy groups -OCH3 is 1. The summed E-state index contributed by atoms with van der Waals surface area (Å²) < 4.78 is 10.9. The molecule has 1 N–H and O–H groups in total. The summed E-state index contributed by atoms with van der Waals surface area (Å²) in [5.74, 6) is 1.06. The molecule has 1 aromatic carbocycles. The fraction of sp³-hybridized carbons (Fsp3) is 0.312. The van der Waals surface area contributed by atoms with Gasteiger partial charge in [0.05, 0.1) is 17.3 Å². The molecule has 22 heavy (non-hydrogen) atoms. The van der Waals surface area contributed by atoms with Gasteiger partial charge >= 0.3 is 0 Å². The average molecular weight is 296 g/mol. The fourth-order valence-corrected chi connectivity index (χ4v) is 2.19. The van der Waals surface area contributed by atoms with Gasteiger partial charge in [0.15, 0.2) is 0 Å². The molecule has 0 amide bonds. The first kappa shape index (κ1) is 15.6. The van der Waals surface area contributed by atoms with E-state index in [4.69, 9.17) is 20.0 Å². The SMILES string of the molecule is COC/C(=N\C#N)NC1=CC(C)(C)Oc2ccc(C#N)cc21. The Balaban J connectivity index is 2.45. The zero-order chi connectivity index (χ0) is 16.2. The molecule has 6 heteroatoms. The molecule has 0 atom stereocenters. The molecule has 2 rings (SSSR count). The van der Waals surface area contributed by atoms with E-state index in [2.05, 4.69) is 16.4 Å². The van der Waals surface area contributed by atoms with E-state index in [0.717, 1.165) is 11.3 Å². The van der Waals surface area contributed by atoms with Crippen molar-refractivity contribution in [3.05, 3.63) is 35.4 Å². The Labute approximate surface area is 129 Å². The summed E-state index contributed by atoms with van der Waals surface area (Å²) in [6.07, 6.45) is 3.63. The van der Waals surface area contributed by atoms with Crippen molar-refractivity contribution in [2.24, 2.45) is 4.99 Å². The molecule has 1 aliphatic rings. The normalized spacial score (nSPS) is 15.7. The number of fused-ring (bicyclic) bond motifs is 1. The summed E-state index contributed by atoms with van der Waals surface area (Å²) in [6.45, 7) is 4.03. The molecule has 1 aromatic rings. The van der Waals surface area contributed by atoms with Crippen LogP contribution < -0.4 is 10.1 Å². The van der Waals surface area contributed by atoms with Crippen LogP contribution in [0, 0.1) is 22.8 Å². The second-order valence-electron chi connectivity index (χ2n) is 5.30. The van der Waals surface area contributed by atoms with E-state index >= 15 is 0 Å². The third kappa shape index (κ3) is 3.43. The van der Waals surface area contributed by atoms with E-state index in [1.165, 1.54) is 7.11 Å². The maximum absolute atomic E-state index is 9.06. The van der Waals surface area contributed by atoms with Crippen LogP contribution in [0.2, 0.25) is 0 Å². The Morgan fingerprint density at radius 1 is 1.41 bits per heavy atom. The molecule has 0 saturated carbocycles. The summed E-state index contributed by atoms with van der Waals surface area (Å²) in [4.78, 5) is 3.71. The number of nitrogens with zero attached hydrogens (tertiary/aromatic N) is 3. The lowest BCUT2D eigenvalue weighted by atomic mass is 9.98. The molecule has 1 heterocycles. The van der Waals surface area contributed by atoms with Gasteiger partial charge in [-0.25, -0.2) is 0 Å². The summed E-state index contributed by atoms with van der Waals surface area (Å²) in [6, 6.07) is 7.31. The van der Waals surface area contributed by atoms with Crippen LogP contribution in [0.5, 0.6) is 5.75 Å². The Morgan fingerprint density at radius 2 is 2.18 bits per heavy atom. The highest BCUT2D eigenvalue weighted by Crippen LogP contribution is 2.35. The minimum atomic E-state index is -0.520. The molecular formula is C16H16N4O2. The lowest BCUT2D eigenvalue weighted by molar-refractivity contribution is 0.157. The first-order valence-corrected chi connectivity index (χ1v) is 6.67. The van der Waals surface area contributed by atoms with Gasteiger partial charge in [0.25, 0.3) is 0 Å². The zero-order valence-corrected chi connectivity index (χ0v) is 12.7. The third-order valence-electron chi connectivity index (χ3n) is 3.01. The van der Waals surface area contributed by atoms with Crippen molar-refractivity contribution in [3.63, 3.8) is 0 Å². The molecule has 0 bridgehead atoms. The second-order valence-corrected chi connectivity index (χ2v) is 5.30. The predicted molar refractivity (Wildman–Crippen MR) is 81.9 cm³/mol. The third-order valence-corrected chi connectivity index (χ3v) is 3.01. The molecule has 6 nitrogen and oxygen atoms in total. The van der Waals surface area contributed by atoms with Crippen LogP contribution in [0.25, 0.3) is 5.70 Å². The zero-order valence-electron chi connectivity index (χ0n) is 12.7. The molecule has 0 fully saturated rings. The lowest BCUT2D eigenvalue weighted by Gasteiger charge is -2.31. The maximum Gasteiger partial charge on any atom is 0.207 e. The number of aliphatic imine (C=N–C) groups is 1. The minimum absolute atomic E-state index is 0.180. The number of nitrogens with one attached hydrogen (secondary N) is 1. The van der Waals surface area contributed by atoms with Gasteiger partial charge in [-0.1, -0.05) is 0 Å². The van der Waals surface area contributed by atoms with E-state index in [-0.39, 0.29) is 6.61 Å². The standard InChI is InChI=1S/C16H16N4O2/c1-16(2)7-13(20-15(9-21-3)19-10-18)12-6-11(8-17)4-5-14(12)22-16/h4-7H,9H2,1-3H3,(H,19,20). The Hall–Kier alpha value is -2.83. The van der Waals surface area contributed by atoms with E-state index < -0.39 is 5.60 Å². The highest BCUT2D eigenvalue weighted by molar-refractivity contribution is 5.93. The Kier molecular flexibility index (Phi) is 4.45. The van der Waals surface area contributed by atoms with Crippen LogP contribution in [0.3, 0.4) is 0 Å². The molecule has 0 spiro atoms. The van der Waals surface area contributed by atoms with Crippen LogP contribution >= 0.6 is 0 Å². The van der Waals surface area contributed by atoms with Crippen molar-refractivity contribution >= 4 is 11.5 Å². The van der Waals surface area contributed by atoms with E-state index in [0.29, 0.717) is 17.1 Å². The number of ether oxygens (including phenoxy) is 2. The monoisotopic (exact) mass is 296 g/mol. The molecule has 0 aliphatic carbocycles. The van der Waals surface area contributed by atoms with Crippen LogP contribution in [-0.4, -0.2) is 25.2 Å². The highest BCUT2D eigenvalue weighted by Gasteiger charge is 2.27. The van der Waals surface area contributed by atoms with Crippen molar-refractivity contribution in [1.82, 2.24) is 5.32 Å². The van der Waals surface area contributed by atoms with Crippen molar-refractivity contribution < 1.29 is 9.47 Å². The largest absolute Gasteiger partial charge is 0.483 e.